The molecule has 1 heterocycles. The molecule has 7 nitrogen and oxygen atoms in total. The number of carbonyl (C=O) groups excluding carboxylic acids is 1. The summed E-state index contributed by atoms with van der Waals surface area (Å²) in [6, 6.07) is 11.9. The van der Waals surface area contributed by atoms with Gasteiger partial charge in [0, 0.05) is 23.6 Å². The lowest BCUT2D eigenvalue weighted by Gasteiger charge is -2.14. The molecule has 0 spiro atoms. The standard InChI is InChI=1S/C20H19NO6/c1-24-16-10-18(26-3)17(25-2)9-13(16)11-21-19(22)14-8-12-6-4-5-7-15(12)27-20(14)23/h4-10H,11H2,1-3H3,(H,21,22). The molecule has 0 fully saturated rings. The van der Waals surface area contributed by atoms with Crippen LogP contribution in [0.2, 0.25) is 0 Å². The minimum atomic E-state index is -0.689. The van der Waals surface area contributed by atoms with E-state index in [1.165, 1.54) is 27.4 Å². The maximum atomic E-state index is 12.5. The quantitative estimate of drug-likeness (QED) is 0.673. The second-order valence-corrected chi connectivity index (χ2v) is 5.69. The zero-order chi connectivity index (χ0) is 19.4. The van der Waals surface area contributed by atoms with Crippen LogP contribution in [0.5, 0.6) is 17.2 Å². The van der Waals surface area contributed by atoms with E-state index in [0.717, 1.165) is 0 Å². The van der Waals surface area contributed by atoms with E-state index in [4.69, 9.17) is 18.6 Å². The van der Waals surface area contributed by atoms with Crippen molar-refractivity contribution in [1.82, 2.24) is 5.32 Å². The van der Waals surface area contributed by atoms with Crippen LogP contribution < -0.4 is 25.2 Å². The lowest BCUT2D eigenvalue weighted by molar-refractivity contribution is 0.0947. The number of hydrogen-bond acceptors (Lipinski definition) is 6. The molecule has 2 aromatic carbocycles. The molecule has 7 heteroatoms. The van der Waals surface area contributed by atoms with Crippen LogP contribution in [0.15, 0.2) is 51.7 Å². The summed E-state index contributed by atoms with van der Waals surface area (Å²) >= 11 is 0. The van der Waals surface area contributed by atoms with Crippen LogP contribution in [0.25, 0.3) is 11.0 Å². The number of hydrogen-bond donors (Lipinski definition) is 1. The molecule has 0 bridgehead atoms. The molecule has 0 saturated carbocycles. The molecule has 0 atom stereocenters. The van der Waals surface area contributed by atoms with Gasteiger partial charge in [-0.15, -0.1) is 0 Å². The van der Waals surface area contributed by atoms with Crippen molar-refractivity contribution in [2.75, 3.05) is 21.3 Å². The summed E-state index contributed by atoms with van der Waals surface area (Å²) in [7, 11) is 4.56. The van der Waals surface area contributed by atoms with Crippen molar-refractivity contribution >= 4 is 16.9 Å². The van der Waals surface area contributed by atoms with Gasteiger partial charge in [-0.1, -0.05) is 18.2 Å². The molecular formula is C20H19NO6. The first-order valence-corrected chi connectivity index (χ1v) is 8.17. The lowest BCUT2D eigenvalue weighted by Crippen LogP contribution is -2.28. The van der Waals surface area contributed by atoms with E-state index in [0.29, 0.717) is 33.8 Å². The molecule has 1 aromatic heterocycles. The zero-order valence-corrected chi connectivity index (χ0v) is 15.2. The number of nitrogens with one attached hydrogen (secondary N) is 1. The summed E-state index contributed by atoms with van der Waals surface area (Å²) in [5.41, 5.74) is 0.355. The highest BCUT2D eigenvalue weighted by molar-refractivity contribution is 5.96. The number of rotatable bonds is 6. The lowest BCUT2D eigenvalue weighted by atomic mass is 10.1. The monoisotopic (exact) mass is 369 g/mol. The molecule has 1 amide bonds. The Kier molecular flexibility index (Phi) is 5.30. The SMILES string of the molecule is COc1cc(OC)c(OC)cc1CNC(=O)c1cc2ccccc2oc1=O. The highest BCUT2D eigenvalue weighted by atomic mass is 16.5. The maximum Gasteiger partial charge on any atom is 0.349 e. The molecule has 0 aliphatic heterocycles. The first kappa shape index (κ1) is 18.3. The van der Waals surface area contributed by atoms with Crippen molar-refractivity contribution in [2.45, 2.75) is 6.54 Å². The van der Waals surface area contributed by atoms with Crippen LogP contribution >= 0.6 is 0 Å². The molecule has 0 aliphatic rings. The van der Waals surface area contributed by atoms with Gasteiger partial charge in [-0.2, -0.15) is 0 Å². The van der Waals surface area contributed by atoms with E-state index in [1.807, 2.05) is 0 Å². The maximum absolute atomic E-state index is 12.5. The smallest absolute Gasteiger partial charge is 0.349 e. The van der Waals surface area contributed by atoms with Gasteiger partial charge in [-0.3, -0.25) is 4.79 Å². The van der Waals surface area contributed by atoms with Gasteiger partial charge in [-0.25, -0.2) is 4.79 Å². The Hall–Kier alpha value is -3.48. The van der Waals surface area contributed by atoms with Gasteiger partial charge in [-0.05, 0) is 18.2 Å². The van der Waals surface area contributed by atoms with Crippen LogP contribution in [0.3, 0.4) is 0 Å². The van der Waals surface area contributed by atoms with Gasteiger partial charge in [0.2, 0.25) is 0 Å². The topological polar surface area (TPSA) is 87.0 Å². The molecule has 0 aliphatic carbocycles. The fraction of sp³-hybridized carbons (Fsp3) is 0.200. The minimum absolute atomic E-state index is 0.0619. The third kappa shape index (κ3) is 3.72. The average Bonchev–Trinajstić information content (AvgIpc) is 2.70. The van der Waals surface area contributed by atoms with Crippen molar-refractivity contribution in [3.8, 4) is 17.2 Å². The van der Waals surface area contributed by atoms with Gasteiger partial charge >= 0.3 is 5.63 Å². The van der Waals surface area contributed by atoms with Crippen LogP contribution in [-0.2, 0) is 6.54 Å². The van der Waals surface area contributed by atoms with E-state index in [2.05, 4.69) is 5.32 Å². The summed E-state index contributed by atoms with van der Waals surface area (Å²) in [4.78, 5) is 24.6. The highest BCUT2D eigenvalue weighted by Gasteiger charge is 2.16. The number of amides is 1. The van der Waals surface area contributed by atoms with Crippen molar-refractivity contribution in [3.05, 3.63) is 64.0 Å². The molecular weight excluding hydrogens is 350 g/mol. The fourth-order valence-corrected chi connectivity index (χ4v) is 2.72. The van der Waals surface area contributed by atoms with Gasteiger partial charge in [0.1, 0.15) is 16.9 Å². The second kappa shape index (κ2) is 7.82. The van der Waals surface area contributed by atoms with E-state index >= 15 is 0 Å². The molecule has 3 rings (SSSR count). The number of carbonyl (C=O) groups is 1. The number of ether oxygens (including phenoxy) is 3. The summed E-state index contributed by atoms with van der Waals surface area (Å²) in [5, 5.41) is 3.38. The largest absolute Gasteiger partial charge is 0.496 e. The van der Waals surface area contributed by atoms with Crippen molar-refractivity contribution in [1.29, 1.82) is 0 Å². The fourth-order valence-electron chi connectivity index (χ4n) is 2.72. The Morgan fingerprint density at radius 2 is 1.63 bits per heavy atom. The summed E-state index contributed by atoms with van der Waals surface area (Å²) in [6.45, 7) is 0.134. The summed E-state index contributed by atoms with van der Waals surface area (Å²) < 4.78 is 21.1. The van der Waals surface area contributed by atoms with Gasteiger partial charge in [0.05, 0.1) is 21.3 Å². The molecule has 3 aromatic rings. The molecule has 0 saturated heterocycles. The van der Waals surface area contributed by atoms with Crippen LogP contribution in [0, 0.1) is 0 Å². The van der Waals surface area contributed by atoms with Crippen LogP contribution in [0.4, 0.5) is 0 Å². The van der Waals surface area contributed by atoms with Gasteiger partial charge < -0.3 is 23.9 Å². The Labute approximate surface area is 155 Å². The van der Waals surface area contributed by atoms with Gasteiger partial charge in [0.25, 0.3) is 5.91 Å². The number of para-hydroxylation sites is 1. The first-order valence-electron chi connectivity index (χ1n) is 8.17. The van der Waals surface area contributed by atoms with Crippen LogP contribution in [0.1, 0.15) is 15.9 Å². The van der Waals surface area contributed by atoms with E-state index in [1.54, 1.807) is 36.4 Å². The third-order valence-corrected chi connectivity index (χ3v) is 4.11. The van der Waals surface area contributed by atoms with E-state index < -0.39 is 11.5 Å². The Balaban J connectivity index is 1.85. The molecule has 1 N–H and O–H groups in total. The molecule has 0 unspecified atom stereocenters. The van der Waals surface area contributed by atoms with E-state index in [-0.39, 0.29) is 12.1 Å². The Bertz CT molecular complexity index is 1040. The second-order valence-electron chi connectivity index (χ2n) is 5.69. The third-order valence-electron chi connectivity index (χ3n) is 4.11. The number of fused-ring (bicyclic) bond motifs is 1. The predicted octanol–water partition coefficient (Wildman–Crippen LogP) is 2.75. The summed E-state index contributed by atoms with van der Waals surface area (Å²) in [6.07, 6.45) is 0. The summed E-state index contributed by atoms with van der Waals surface area (Å²) in [5.74, 6) is 1.01. The minimum Gasteiger partial charge on any atom is -0.496 e. The van der Waals surface area contributed by atoms with Gasteiger partial charge in [0.15, 0.2) is 11.5 Å². The Morgan fingerprint density at radius 3 is 2.33 bits per heavy atom. The number of methoxy groups -OCH3 is 3. The Morgan fingerprint density at radius 1 is 0.963 bits per heavy atom. The molecule has 0 radical (unpaired) electrons. The zero-order valence-electron chi connectivity index (χ0n) is 15.2. The predicted molar refractivity (Wildman–Crippen MR) is 99.8 cm³/mol. The molecule has 27 heavy (non-hydrogen) atoms. The van der Waals surface area contributed by atoms with Crippen molar-refractivity contribution < 1.29 is 23.4 Å². The number of benzene rings is 2. The average molecular weight is 369 g/mol. The normalized spacial score (nSPS) is 10.5. The highest BCUT2D eigenvalue weighted by Crippen LogP contribution is 2.34. The van der Waals surface area contributed by atoms with Crippen LogP contribution in [-0.4, -0.2) is 27.2 Å². The first-order chi connectivity index (χ1) is 13.1. The van der Waals surface area contributed by atoms with Crippen molar-refractivity contribution in [2.24, 2.45) is 0 Å². The molecule has 140 valence electrons. The van der Waals surface area contributed by atoms with E-state index in [9.17, 15) is 9.59 Å². The van der Waals surface area contributed by atoms with Crippen molar-refractivity contribution in [3.63, 3.8) is 0 Å².